The van der Waals surface area contributed by atoms with E-state index in [0.29, 0.717) is 19.4 Å². The highest BCUT2D eigenvalue weighted by Crippen LogP contribution is 2.33. The van der Waals surface area contributed by atoms with Crippen LogP contribution >= 0.6 is 15.9 Å². The average molecular weight is 344 g/mol. The van der Waals surface area contributed by atoms with E-state index in [9.17, 15) is 13.2 Å². The van der Waals surface area contributed by atoms with Gasteiger partial charge in [0, 0.05) is 17.1 Å². The van der Waals surface area contributed by atoms with Gasteiger partial charge in [-0.1, -0.05) is 34.1 Å². The van der Waals surface area contributed by atoms with Crippen LogP contribution in [0.15, 0.2) is 28.7 Å². The van der Waals surface area contributed by atoms with Crippen LogP contribution in [0.1, 0.15) is 12.0 Å². The van der Waals surface area contributed by atoms with E-state index in [2.05, 4.69) is 15.9 Å². The third kappa shape index (κ3) is 2.31. The van der Waals surface area contributed by atoms with Crippen LogP contribution in [0.5, 0.6) is 0 Å². The minimum Gasteiger partial charge on any atom is -0.337 e. The van der Waals surface area contributed by atoms with Gasteiger partial charge < -0.3 is 4.90 Å². The minimum atomic E-state index is -2.94. The molecule has 102 valence electrons. The lowest BCUT2D eigenvalue weighted by atomic mass is 10.1. The summed E-state index contributed by atoms with van der Waals surface area (Å²) in [5, 5.41) is -0.333. The van der Waals surface area contributed by atoms with Gasteiger partial charge in [-0.3, -0.25) is 4.79 Å². The fourth-order valence-corrected chi connectivity index (χ4v) is 5.36. The number of carbonyl (C=O) groups is 1. The fraction of sp³-hybridized carbons (Fsp3) is 0.462. The zero-order valence-electron chi connectivity index (χ0n) is 10.3. The quantitative estimate of drug-likeness (QED) is 0.815. The second-order valence-corrected chi connectivity index (χ2v) is 8.34. The highest BCUT2D eigenvalue weighted by Gasteiger charge is 2.49. The van der Waals surface area contributed by atoms with Gasteiger partial charge in [-0.05, 0) is 18.1 Å². The molecule has 1 amide bonds. The Morgan fingerprint density at radius 1 is 1.37 bits per heavy atom. The maximum absolute atomic E-state index is 12.3. The van der Waals surface area contributed by atoms with Crippen molar-refractivity contribution in [3.05, 3.63) is 34.3 Å². The molecule has 0 N–H and O–H groups in total. The molecule has 1 aromatic carbocycles. The third-order valence-corrected chi connectivity index (χ3v) is 6.91. The molecule has 2 aliphatic heterocycles. The summed E-state index contributed by atoms with van der Waals surface area (Å²) in [5.41, 5.74) is 0.943. The van der Waals surface area contributed by atoms with Crippen molar-refractivity contribution in [3.63, 3.8) is 0 Å². The molecule has 0 spiro atoms. The van der Waals surface area contributed by atoms with Crippen LogP contribution < -0.4 is 0 Å². The Morgan fingerprint density at radius 2 is 2.11 bits per heavy atom. The molecule has 0 aliphatic carbocycles. The predicted octanol–water partition coefficient (Wildman–Crippen LogP) is 1.39. The van der Waals surface area contributed by atoms with Crippen molar-refractivity contribution in [2.24, 2.45) is 0 Å². The van der Waals surface area contributed by atoms with Crippen molar-refractivity contribution < 1.29 is 13.2 Å². The van der Waals surface area contributed by atoms with Crippen molar-refractivity contribution >= 4 is 31.7 Å². The Balaban J connectivity index is 1.73. The monoisotopic (exact) mass is 343 g/mol. The van der Waals surface area contributed by atoms with Crippen molar-refractivity contribution in [2.45, 2.75) is 24.1 Å². The van der Waals surface area contributed by atoms with Gasteiger partial charge in [0.1, 0.15) is 0 Å². The number of amides is 1. The Bertz CT molecular complexity index is 629. The van der Waals surface area contributed by atoms with Gasteiger partial charge in [-0.15, -0.1) is 0 Å². The Morgan fingerprint density at radius 3 is 2.68 bits per heavy atom. The van der Waals surface area contributed by atoms with Crippen LogP contribution in [-0.4, -0.2) is 42.8 Å². The van der Waals surface area contributed by atoms with Crippen molar-refractivity contribution in [2.75, 3.05) is 12.3 Å². The summed E-state index contributed by atoms with van der Waals surface area (Å²) in [6.45, 7) is 0.371. The summed E-state index contributed by atoms with van der Waals surface area (Å²) < 4.78 is 24.2. The maximum atomic E-state index is 12.3. The molecule has 1 aromatic rings. The molecule has 2 atom stereocenters. The van der Waals surface area contributed by atoms with E-state index < -0.39 is 9.84 Å². The number of rotatable bonds is 2. The lowest BCUT2D eigenvalue weighted by Gasteiger charge is -2.27. The molecule has 2 aliphatic rings. The number of halogens is 1. The van der Waals surface area contributed by atoms with Gasteiger partial charge in [0.05, 0.1) is 17.4 Å². The summed E-state index contributed by atoms with van der Waals surface area (Å²) in [4.78, 5) is 14.0. The van der Waals surface area contributed by atoms with E-state index in [4.69, 9.17) is 0 Å². The molecular formula is C13H14BrNO3S. The molecule has 19 heavy (non-hydrogen) atoms. The van der Waals surface area contributed by atoms with E-state index in [1.165, 1.54) is 0 Å². The van der Waals surface area contributed by atoms with E-state index in [1.807, 2.05) is 24.3 Å². The number of likely N-dealkylation sites (tertiary alicyclic amines) is 1. The number of nitrogens with zero attached hydrogens (tertiary/aromatic N) is 1. The SMILES string of the molecule is O=C(Cc1ccccc1Br)N1CC2CC1CS2(=O)=O. The van der Waals surface area contributed by atoms with Crippen LogP contribution in [0.4, 0.5) is 0 Å². The second kappa shape index (κ2) is 4.59. The van der Waals surface area contributed by atoms with Gasteiger partial charge in [-0.25, -0.2) is 8.42 Å². The topological polar surface area (TPSA) is 54.5 Å². The van der Waals surface area contributed by atoms with Gasteiger partial charge in [-0.2, -0.15) is 0 Å². The number of hydrogen-bond donors (Lipinski definition) is 0. The average Bonchev–Trinajstić information content (AvgIpc) is 2.87. The van der Waals surface area contributed by atoms with Crippen LogP contribution in [0, 0.1) is 0 Å². The Labute approximate surface area is 120 Å². The zero-order chi connectivity index (χ0) is 13.6. The summed E-state index contributed by atoms with van der Waals surface area (Å²) in [6, 6.07) is 7.51. The summed E-state index contributed by atoms with van der Waals surface area (Å²) in [5.74, 6) is 0.161. The molecule has 6 heteroatoms. The highest BCUT2D eigenvalue weighted by molar-refractivity contribution is 9.10. The lowest BCUT2D eigenvalue weighted by Crippen LogP contribution is -2.44. The molecule has 2 bridgehead atoms. The number of fused-ring (bicyclic) bond motifs is 2. The first kappa shape index (κ1) is 13.1. The van der Waals surface area contributed by atoms with Crippen LogP contribution in [0.25, 0.3) is 0 Å². The minimum absolute atomic E-state index is 0.0225. The van der Waals surface area contributed by atoms with Gasteiger partial charge in [0.2, 0.25) is 5.91 Å². The first-order chi connectivity index (χ1) is 8.97. The molecule has 3 rings (SSSR count). The summed E-state index contributed by atoms with van der Waals surface area (Å²) in [6.07, 6.45) is 0.939. The van der Waals surface area contributed by atoms with Gasteiger partial charge >= 0.3 is 0 Å². The number of benzene rings is 1. The first-order valence-electron chi connectivity index (χ1n) is 6.22. The summed E-state index contributed by atoms with van der Waals surface area (Å²) in [7, 11) is -2.94. The molecule has 0 radical (unpaired) electrons. The van der Waals surface area contributed by atoms with Crippen LogP contribution in [-0.2, 0) is 21.1 Å². The van der Waals surface area contributed by atoms with Gasteiger partial charge in [0.25, 0.3) is 0 Å². The smallest absolute Gasteiger partial charge is 0.227 e. The highest BCUT2D eigenvalue weighted by atomic mass is 79.9. The molecule has 2 unspecified atom stereocenters. The fourth-order valence-electron chi connectivity index (χ4n) is 2.91. The van der Waals surface area contributed by atoms with E-state index in [1.54, 1.807) is 4.90 Å². The van der Waals surface area contributed by atoms with E-state index >= 15 is 0 Å². The molecule has 0 aromatic heterocycles. The maximum Gasteiger partial charge on any atom is 0.227 e. The van der Waals surface area contributed by atoms with E-state index in [0.717, 1.165) is 10.0 Å². The normalized spacial score (nSPS) is 27.7. The molecule has 0 saturated carbocycles. The number of hydrogen-bond acceptors (Lipinski definition) is 3. The molecule has 2 heterocycles. The van der Waals surface area contributed by atoms with Crippen molar-refractivity contribution in [1.29, 1.82) is 0 Å². The first-order valence-corrected chi connectivity index (χ1v) is 8.72. The van der Waals surface area contributed by atoms with Crippen LogP contribution in [0.3, 0.4) is 0 Å². The standard InChI is InChI=1S/C13H14BrNO3S/c14-12-4-2-1-3-9(12)5-13(16)15-7-11-6-10(15)8-19(11,17)18/h1-4,10-11H,5-8H2. The predicted molar refractivity (Wildman–Crippen MR) is 75.5 cm³/mol. The molecule has 2 saturated heterocycles. The Hall–Kier alpha value is -0.880. The largest absolute Gasteiger partial charge is 0.337 e. The van der Waals surface area contributed by atoms with E-state index in [-0.39, 0.29) is 23.0 Å². The number of sulfone groups is 1. The number of carbonyl (C=O) groups excluding carboxylic acids is 1. The third-order valence-electron chi connectivity index (χ3n) is 3.93. The van der Waals surface area contributed by atoms with Crippen molar-refractivity contribution in [1.82, 2.24) is 4.90 Å². The second-order valence-electron chi connectivity index (χ2n) is 5.16. The summed E-state index contributed by atoms with van der Waals surface area (Å²) >= 11 is 3.43. The molecule has 4 nitrogen and oxygen atoms in total. The molecular weight excluding hydrogens is 330 g/mol. The van der Waals surface area contributed by atoms with Gasteiger partial charge in [0.15, 0.2) is 9.84 Å². The van der Waals surface area contributed by atoms with Crippen molar-refractivity contribution in [3.8, 4) is 0 Å². The van der Waals surface area contributed by atoms with Crippen LogP contribution in [0.2, 0.25) is 0 Å². The lowest BCUT2D eigenvalue weighted by molar-refractivity contribution is -0.131. The Kier molecular flexibility index (Phi) is 3.17. The molecule has 2 fully saturated rings. The zero-order valence-corrected chi connectivity index (χ0v) is 12.7.